The molecule has 12 heteroatoms. The van der Waals surface area contributed by atoms with Crippen LogP contribution in [0.2, 0.25) is 0 Å². The van der Waals surface area contributed by atoms with E-state index in [1.54, 1.807) is 26.2 Å². The topological polar surface area (TPSA) is 182 Å². The average molecular weight is 593 g/mol. The molecular weight excluding hydrogens is 556 g/mol. The summed E-state index contributed by atoms with van der Waals surface area (Å²) in [4.78, 5) is 58.3. The second kappa shape index (κ2) is 13.6. The maximum absolute atomic E-state index is 13.8. The van der Waals surface area contributed by atoms with Crippen LogP contribution >= 0.6 is 12.6 Å². The molecular formula is C30H36N6O5S. The molecule has 0 spiro atoms. The number of thiol groups is 1. The number of amides is 3. The van der Waals surface area contributed by atoms with E-state index in [0.717, 1.165) is 32.9 Å². The second-order valence-electron chi connectivity index (χ2n) is 10.6. The van der Waals surface area contributed by atoms with Crippen LogP contribution in [0.25, 0.3) is 21.8 Å². The highest BCUT2D eigenvalue weighted by atomic mass is 32.1. The van der Waals surface area contributed by atoms with Gasteiger partial charge in [-0.25, -0.2) is 4.79 Å². The number of carbonyl (C=O) groups excluding carboxylic acids is 3. The molecule has 0 saturated heterocycles. The molecule has 8 N–H and O–H groups in total. The van der Waals surface area contributed by atoms with Crippen molar-refractivity contribution in [2.24, 2.45) is 11.7 Å². The van der Waals surface area contributed by atoms with Gasteiger partial charge in [-0.1, -0.05) is 50.2 Å². The van der Waals surface area contributed by atoms with Crippen molar-refractivity contribution >= 4 is 58.1 Å². The van der Waals surface area contributed by atoms with Gasteiger partial charge in [0.05, 0.1) is 6.04 Å². The molecule has 0 saturated carbocycles. The van der Waals surface area contributed by atoms with E-state index >= 15 is 0 Å². The van der Waals surface area contributed by atoms with Crippen molar-refractivity contribution in [2.45, 2.75) is 50.9 Å². The Labute approximate surface area is 248 Å². The molecule has 0 bridgehead atoms. The van der Waals surface area contributed by atoms with Crippen molar-refractivity contribution in [1.82, 2.24) is 25.9 Å². The molecule has 2 heterocycles. The zero-order chi connectivity index (χ0) is 30.4. The maximum atomic E-state index is 13.8. The standard InChI is InChI=1S/C30H36N6O5S/c1-16(2)26(30(40)41)36-29(39)25(12-18-14-33-23-10-6-4-8-20(18)23)35-28(38)24(34-27(37)21(31)15-42)11-17-13-32-22-9-5-3-7-19(17)22/h3-10,13-14,16,21,24-26,32-33,42H,11-12,15,31H2,1-2H3,(H,34,37)(H,35,38)(H,36,39)(H,40,41). The number of carboxylic acid groups (broad SMARTS) is 1. The Kier molecular flexibility index (Phi) is 9.92. The molecule has 42 heavy (non-hydrogen) atoms. The Morgan fingerprint density at radius 1 is 0.786 bits per heavy atom. The van der Waals surface area contributed by atoms with Gasteiger partial charge < -0.3 is 36.8 Å². The summed E-state index contributed by atoms with van der Waals surface area (Å²) in [5, 5.41) is 19.5. The number of hydrogen-bond donors (Lipinski definition) is 8. The lowest BCUT2D eigenvalue weighted by Crippen LogP contribution is -2.58. The van der Waals surface area contributed by atoms with E-state index in [2.05, 4.69) is 38.5 Å². The average Bonchev–Trinajstić information content (AvgIpc) is 3.58. The smallest absolute Gasteiger partial charge is 0.326 e. The molecule has 4 unspecified atom stereocenters. The van der Waals surface area contributed by atoms with Gasteiger partial charge in [-0.05, 0) is 29.2 Å². The summed E-state index contributed by atoms with van der Waals surface area (Å²) < 4.78 is 0. The van der Waals surface area contributed by atoms with E-state index in [1.807, 2.05) is 48.5 Å². The lowest BCUT2D eigenvalue weighted by molar-refractivity contribution is -0.143. The zero-order valence-electron chi connectivity index (χ0n) is 23.4. The fourth-order valence-electron chi connectivity index (χ4n) is 4.86. The van der Waals surface area contributed by atoms with Crippen molar-refractivity contribution < 1.29 is 24.3 Å². The molecule has 0 radical (unpaired) electrons. The SMILES string of the molecule is CC(C)C(NC(=O)C(Cc1c[nH]c2ccccc12)NC(=O)C(Cc1c[nH]c2ccccc12)NC(=O)C(N)CS)C(=O)O. The van der Waals surface area contributed by atoms with Crippen LogP contribution in [0.15, 0.2) is 60.9 Å². The van der Waals surface area contributed by atoms with Crippen molar-refractivity contribution in [3.63, 3.8) is 0 Å². The minimum Gasteiger partial charge on any atom is -0.480 e. The number of hydrogen-bond acceptors (Lipinski definition) is 6. The number of nitrogens with one attached hydrogen (secondary N) is 5. The van der Waals surface area contributed by atoms with Crippen LogP contribution in [0.3, 0.4) is 0 Å². The number of aromatic nitrogens is 2. The number of carbonyl (C=O) groups is 4. The number of carboxylic acids is 1. The molecule has 0 fully saturated rings. The van der Waals surface area contributed by atoms with Gasteiger partial charge in [0.1, 0.15) is 18.1 Å². The van der Waals surface area contributed by atoms with E-state index < -0.39 is 53.8 Å². The first-order valence-electron chi connectivity index (χ1n) is 13.7. The first kappa shape index (κ1) is 30.7. The summed E-state index contributed by atoms with van der Waals surface area (Å²) >= 11 is 4.10. The number of fused-ring (bicyclic) bond motifs is 2. The molecule has 2 aromatic carbocycles. The van der Waals surface area contributed by atoms with E-state index in [-0.39, 0.29) is 18.6 Å². The summed E-state index contributed by atoms with van der Waals surface area (Å²) in [6.07, 6.45) is 3.72. The number of H-pyrrole nitrogens is 2. The molecule has 0 aliphatic carbocycles. The van der Waals surface area contributed by atoms with Gasteiger partial charge in [-0.2, -0.15) is 12.6 Å². The highest BCUT2D eigenvalue weighted by Gasteiger charge is 2.32. The van der Waals surface area contributed by atoms with Gasteiger partial charge >= 0.3 is 5.97 Å². The van der Waals surface area contributed by atoms with Gasteiger partial charge in [0.15, 0.2) is 0 Å². The molecule has 4 rings (SSSR count). The van der Waals surface area contributed by atoms with Crippen molar-refractivity contribution in [1.29, 1.82) is 0 Å². The highest BCUT2D eigenvalue weighted by Crippen LogP contribution is 2.21. The van der Waals surface area contributed by atoms with Crippen LogP contribution in [0.5, 0.6) is 0 Å². The minimum absolute atomic E-state index is 0.0740. The Morgan fingerprint density at radius 2 is 1.24 bits per heavy atom. The van der Waals surface area contributed by atoms with Gasteiger partial charge in [-0.15, -0.1) is 0 Å². The first-order chi connectivity index (χ1) is 20.1. The molecule has 222 valence electrons. The third kappa shape index (κ3) is 7.12. The fraction of sp³-hybridized carbons (Fsp3) is 0.333. The largest absolute Gasteiger partial charge is 0.480 e. The van der Waals surface area contributed by atoms with Crippen molar-refractivity contribution in [3.05, 3.63) is 72.1 Å². The van der Waals surface area contributed by atoms with E-state index in [9.17, 15) is 24.3 Å². The highest BCUT2D eigenvalue weighted by molar-refractivity contribution is 7.80. The molecule has 0 aliphatic rings. The van der Waals surface area contributed by atoms with Crippen LogP contribution in [0.4, 0.5) is 0 Å². The van der Waals surface area contributed by atoms with Crippen LogP contribution in [-0.2, 0) is 32.0 Å². The monoisotopic (exact) mass is 592 g/mol. The lowest BCUT2D eigenvalue weighted by atomic mass is 10.00. The van der Waals surface area contributed by atoms with E-state index in [0.29, 0.717) is 0 Å². The quantitative estimate of drug-likeness (QED) is 0.110. The number of para-hydroxylation sites is 2. The summed E-state index contributed by atoms with van der Waals surface area (Å²) in [7, 11) is 0. The van der Waals surface area contributed by atoms with Crippen molar-refractivity contribution in [3.8, 4) is 0 Å². The number of aliphatic carboxylic acids is 1. The van der Waals surface area contributed by atoms with Gasteiger partial charge in [0.2, 0.25) is 17.7 Å². The third-order valence-corrected chi connectivity index (χ3v) is 7.62. The number of aromatic amines is 2. The van der Waals surface area contributed by atoms with Crippen LogP contribution < -0.4 is 21.7 Å². The van der Waals surface area contributed by atoms with Gasteiger partial charge in [0, 0.05) is 52.8 Å². The summed E-state index contributed by atoms with van der Waals surface area (Å²) in [6, 6.07) is 10.8. The predicted octanol–water partition coefficient (Wildman–Crippen LogP) is 1.89. The summed E-state index contributed by atoms with van der Waals surface area (Å²) in [5.41, 5.74) is 9.16. The number of nitrogens with two attached hydrogens (primary N) is 1. The molecule has 4 aromatic rings. The number of benzene rings is 2. The molecule has 3 amide bonds. The maximum Gasteiger partial charge on any atom is 0.326 e. The van der Waals surface area contributed by atoms with Gasteiger partial charge in [0.25, 0.3) is 0 Å². The Bertz CT molecular complexity index is 1580. The molecule has 11 nitrogen and oxygen atoms in total. The molecule has 2 aromatic heterocycles. The van der Waals surface area contributed by atoms with E-state index in [1.165, 1.54) is 0 Å². The second-order valence-corrected chi connectivity index (χ2v) is 11.0. The zero-order valence-corrected chi connectivity index (χ0v) is 24.3. The Morgan fingerprint density at radius 3 is 1.69 bits per heavy atom. The van der Waals surface area contributed by atoms with Crippen LogP contribution in [-0.4, -0.2) is 68.7 Å². The minimum atomic E-state index is -1.18. The fourth-order valence-corrected chi connectivity index (χ4v) is 5.03. The first-order valence-corrected chi connectivity index (χ1v) is 14.3. The summed E-state index contributed by atoms with van der Waals surface area (Å²) in [6.45, 7) is 3.37. The van der Waals surface area contributed by atoms with Gasteiger partial charge in [-0.3, -0.25) is 14.4 Å². The van der Waals surface area contributed by atoms with Crippen LogP contribution in [0, 0.1) is 5.92 Å². The predicted molar refractivity (Wildman–Crippen MR) is 164 cm³/mol. The Hall–Kier alpha value is -4.29. The van der Waals surface area contributed by atoms with Crippen molar-refractivity contribution in [2.75, 3.05) is 5.75 Å². The molecule has 4 atom stereocenters. The van der Waals surface area contributed by atoms with E-state index in [4.69, 9.17) is 5.73 Å². The van der Waals surface area contributed by atoms with Crippen LogP contribution in [0.1, 0.15) is 25.0 Å². The number of rotatable bonds is 13. The summed E-state index contributed by atoms with van der Waals surface area (Å²) in [5.74, 6) is -3.33. The molecule has 0 aliphatic heterocycles. The normalized spacial score (nSPS) is 14.3. The lowest BCUT2D eigenvalue weighted by Gasteiger charge is -2.26. The Balaban J connectivity index is 1.64. The third-order valence-electron chi connectivity index (χ3n) is 7.23.